The first kappa shape index (κ1) is 9.65. The highest BCUT2D eigenvalue weighted by molar-refractivity contribution is 5.48. The predicted molar refractivity (Wildman–Crippen MR) is 55.9 cm³/mol. The van der Waals surface area contributed by atoms with Crippen molar-refractivity contribution in [3.8, 4) is 5.75 Å². The molecule has 2 nitrogen and oxygen atoms in total. The van der Waals surface area contributed by atoms with E-state index < -0.39 is 0 Å². The summed E-state index contributed by atoms with van der Waals surface area (Å²) in [6, 6.07) is 5.67. The summed E-state index contributed by atoms with van der Waals surface area (Å²) in [7, 11) is 0. The highest BCUT2D eigenvalue weighted by atomic mass is 16.5. The van der Waals surface area contributed by atoms with E-state index in [1.807, 2.05) is 31.2 Å². The van der Waals surface area contributed by atoms with E-state index in [4.69, 9.17) is 10.5 Å². The maximum atomic E-state index is 5.66. The van der Waals surface area contributed by atoms with Crippen LogP contribution in [-0.2, 0) is 6.42 Å². The Labute approximate surface area is 79.0 Å². The molecule has 1 rings (SSSR count). The van der Waals surface area contributed by atoms with Crippen LogP contribution in [0.2, 0.25) is 0 Å². The van der Waals surface area contributed by atoms with Gasteiger partial charge in [0.2, 0.25) is 0 Å². The van der Waals surface area contributed by atoms with Gasteiger partial charge >= 0.3 is 0 Å². The average molecular weight is 177 g/mol. The fraction of sp³-hybridized carbons (Fsp3) is 0.273. The Hall–Kier alpha value is -1.44. The zero-order chi connectivity index (χ0) is 9.68. The molecule has 0 aromatic heterocycles. The molecule has 0 saturated carbocycles. The highest BCUT2D eigenvalue weighted by Gasteiger charge is 2.01. The molecule has 0 fully saturated rings. The molecule has 0 spiro atoms. The van der Waals surface area contributed by atoms with E-state index in [1.54, 1.807) is 0 Å². The highest BCUT2D eigenvalue weighted by Crippen LogP contribution is 2.22. The number of hydrogen-bond acceptors (Lipinski definition) is 2. The van der Waals surface area contributed by atoms with Crippen molar-refractivity contribution in [2.75, 3.05) is 12.3 Å². The van der Waals surface area contributed by atoms with Crippen molar-refractivity contribution in [3.05, 3.63) is 36.4 Å². The van der Waals surface area contributed by atoms with E-state index >= 15 is 0 Å². The predicted octanol–water partition coefficient (Wildman–Crippen LogP) is 2.40. The van der Waals surface area contributed by atoms with Gasteiger partial charge < -0.3 is 10.5 Å². The number of nitrogen functional groups attached to an aromatic ring is 1. The first-order valence-corrected chi connectivity index (χ1v) is 4.40. The van der Waals surface area contributed by atoms with E-state index in [0.29, 0.717) is 6.61 Å². The minimum atomic E-state index is 0.675. The molecule has 1 aromatic carbocycles. The molecule has 0 aliphatic carbocycles. The lowest BCUT2D eigenvalue weighted by Crippen LogP contribution is -1.97. The lowest BCUT2D eigenvalue weighted by molar-refractivity contribution is 0.337. The van der Waals surface area contributed by atoms with Crippen LogP contribution in [0.15, 0.2) is 30.9 Å². The smallest absolute Gasteiger partial charge is 0.122 e. The Morgan fingerprint density at radius 1 is 1.54 bits per heavy atom. The Bertz CT molecular complexity index is 294. The van der Waals surface area contributed by atoms with E-state index in [9.17, 15) is 0 Å². The van der Waals surface area contributed by atoms with Crippen molar-refractivity contribution in [3.63, 3.8) is 0 Å². The summed E-state index contributed by atoms with van der Waals surface area (Å²) < 4.78 is 5.44. The van der Waals surface area contributed by atoms with Gasteiger partial charge in [0.05, 0.1) is 6.61 Å². The van der Waals surface area contributed by atoms with E-state index in [1.165, 1.54) is 0 Å². The Kier molecular flexibility index (Phi) is 3.38. The van der Waals surface area contributed by atoms with Crippen LogP contribution in [-0.4, -0.2) is 6.61 Å². The van der Waals surface area contributed by atoms with Crippen molar-refractivity contribution in [2.24, 2.45) is 0 Å². The molecule has 2 heteroatoms. The van der Waals surface area contributed by atoms with Gasteiger partial charge in [-0.15, -0.1) is 6.58 Å². The standard InChI is InChI=1S/C11H15NO/c1-3-5-9-8-10(12)6-7-11(9)13-4-2/h3,6-8H,1,4-5,12H2,2H3. The number of allylic oxidation sites excluding steroid dienone is 1. The largest absolute Gasteiger partial charge is 0.494 e. The lowest BCUT2D eigenvalue weighted by Gasteiger charge is -2.08. The first-order valence-electron chi connectivity index (χ1n) is 4.40. The van der Waals surface area contributed by atoms with Gasteiger partial charge in [-0.2, -0.15) is 0 Å². The molecule has 0 saturated heterocycles. The van der Waals surface area contributed by atoms with Crippen LogP contribution in [0.4, 0.5) is 5.69 Å². The molecule has 0 aliphatic heterocycles. The molecule has 0 unspecified atom stereocenters. The van der Waals surface area contributed by atoms with Gasteiger partial charge in [-0.3, -0.25) is 0 Å². The van der Waals surface area contributed by atoms with Gasteiger partial charge in [-0.25, -0.2) is 0 Å². The van der Waals surface area contributed by atoms with Crippen molar-refractivity contribution >= 4 is 5.69 Å². The quantitative estimate of drug-likeness (QED) is 0.566. The Balaban J connectivity index is 2.95. The van der Waals surface area contributed by atoms with Gasteiger partial charge in [0.1, 0.15) is 5.75 Å². The van der Waals surface area contributed by atoms with Crippen molar-refractivity contribution in [1.82, 2.24) is 0 Å². The summed E-state index contributed by atoms with van der Waals surface area (Å²) in [4.78, 5) is 0. The zero-order valence-corrected chi connectivity index (χ0v) is 7.92. The minimum Gasteiger partial charge on any atom is -0.494 e. The van der Waals surface area contributed by atoms with Gasteiger partial charge in [0.25, 0.3) is 0 Å². The third-order valence-corrected chi connectivity index (χ3v) is 1.75. The van der Waals surface area contributed by atoms with Gasteiger partial charge in [0.15, 0.2) is 0 Å². The molecule has 0 radical (unpaired) electrons. The van der Waals surface area contributed by atoms with E-state index in [0.717, 1.165) is 23.4 Å². The summed E-state index contributed by atoms with van der Waals surface area (Å²) in [6.45, 7) is 6.33. The monoisotopic (exact) mass is 177 g/mol. The van der Waals surface area contributed by atoms with Crippen LogP contribution in [0.25, 0.3) is 0 Å². The molecule has 0 bridgehead atoms. The third-order valence-electron chi connectivity index (χ3n) is 1.75. The van der Waals surface area contributed by atoms with Crippen LogP contribution in [0.3, 0.4) is 0 Å². The molecule has 0 amide bonds. The number of ether oxygens (including phenoxy) is 1. The Morgan fingerprint density at radius 2 is 2.31 bits per heavy atom. The second kappa shape index (κ2) is 4.55. The van der Waals surface area contributed by atoms with Crippen molar-refractivity contribution in [2.45, 2.75) is 13.3 Å². The molecule has 1 aromatic rings. The maximum Gasteiger partial charge on any atom is 0.122 e. The van der Waals surface area contributed by atoms with Crippen LogP contribution < -0.4 is 10.5 Å². The number of anilines is 1. The molecular formula is C11H15NO. The summed E-state index contributed by atoms with van der Waals surface area (Å²) in [5.74, 6) is 0.900. The second-order valence-electron chi connectivity index (χ2n) is 2.79. The SMILES string of the molecule is C=CCc1cc(N)ccc1OCC. The molecule has 0 heterocycles. The molecular weight excluding hydrogens is 162 g/mol. The first-order chi connectivity index (χ1) is 6.27. The fourth-order valence-electron chi connectivity index (χ4n) is 1.21. The summed E-state index contributed by atoms with van der Waals surface area (Å²) in [5.41, 5.74) is 7.52. The second-order valence-corrected chi connectivity index (χ2v) is 2.79. The van der Waals surface area contributed by atoms with Crippen LogP contribution >= 0.6 is 0 Å². The van der Waals surface area contributed by atoms with Gasteiger partial charge in [0, 0.05) is 5.69 Å². The number of nitrogens with two attached hydrogens (primary N) is 1. The van der Waals surface area contributed by atoms with Crippen LogP contribution in [0.5, 0.6) is 5.75 Å². The topological polar surface area (TPSA) is 35.2 Å². The number of hydrogen-bond donors (Lipinski definition) is 1. The van der Waals surface area contributed by atoms with Crippen molar-refractivity contribution in [1.29, 1.82) is 0 Å². The number of benzene rings is 1. The van der Waals surface area contributed by atoms with Gasteiger partial charge in [-0.05, 0) is 37.1 Å². The fourth-order valence-corrected chi connectivity index (χ4v) is 1.21. The lowest BCUT2D eigenvalue weighted by atomic mass is 10.1. The molecule has 13 heavy (non-hydrogen) atoms. The molecule has 70 valence electrons. The molecule has 0 aliphatic rings. The maximum absolute atomic E-state index is 5.66. The minimum absolute atomic E-state index is 0.675. The van der Waals surface area contributed by atoms with E-state index in [2.05, 4.69) is 6.58 Å². The summed E-state index contributed by atoms with van der Waals surface area (Å²) in [6.07, 6.45) is 2.64. The van der Waals surface area contributed by atoms with Crippen LogP contribution in [0, 0.1) is 0 Å². The Morgan fingerprint density at radius 3 is 2.92 bits per heavy atom. The normalized spacial score (nSPS) is 9.62. The summed E-state index contributed by atoms with van der Waals surface area (Å²) >= 11 is 0. The van der Waals surface area contributed by atoms with Gasteiger partial charge in [-0.1, -0.05) is 6.08 Å². The van der Waals surface area contributed by atoms with Crippen LogP contribution in [0.1, 0.15) is 12.5 Å². The third kappa shape index (κ3) is 2.51. The van der Waals surface area contributed by atoms with Crippen molar-refractivity contribution < 1.29 is 4.74 Å². The average Bonchev–Trinajstić information content (AvgIpc) is 2.10. The zero-order valence-electron chi connectivity index (χ0n) is 7.92. The van der Waals surface area contributed by atoms with E-state index in [-0.39, 0.29) is 0 Å². The summed E-state index contributed by atoms with van der Waals surface area (Å²) in [5, 5.41) is 0. The molecule has 2 N–H and O–H groups in total. The molecule has 0 atom stereocenters. The number of rotatable bonds is 4.